The number of nitrogens with one attached hydrogen (secondary N) is 1. The molecule has 6 heteroatoms. The zero-order chi connectivity index (χ0) is 16.4. The van der Waals surface area contributed by atoms with Gasteiger partial charge in [-0.3, -0.25) is 4.79 Å². The van der Waals surface area contributed by atoms with Crippen molar-refractivity contribution in [3.63, 3.8) is 0 Å². The molecule has 1 aliphatic rings. The highest BCUT2D eigenvalue weighted by Crippen LogP contribution is 2.40. The first kappa shape index (κ1) is 14.9. The normalized spacial score (nSPS) is 14.4. The minimum atomic E-state index is -0.188. The van der Waals surface area contributed by atoms with Crippen molar-refractivity contribution in [3.05, 3.63) is 41.6 Å². The Morgan fingerprint density at radius 1 is 1.09 bits per heavy atom. The van der Waals surface area contributed by atoms with Crippen LogP contribution in [0.5, 0.6) is 17.2 Å². The molecule has 3 rings (SSSR count). The lowest BCUT2D eigenvalue weighted by atomic mass is 10.0. The van der Waals surface area contributed by atoms with E-state index in [4.69, 9.17) is 14.2 Å². The van der Waals surface area contributed by atoms with Crippen molar-refractivity contribution in [3.8, 4) is 17.2 Å². The maximum Gasteiger partial charge on any atom is 0.257 e. The number of carbonyl (C=O) groups is 1. The van der Waals surface area contributed by atoms with E-state index >= 15 is 0 Å². The van der Waals surface area contributed by atoms with Gasteiger partial charge in [-0.1, -0.05) is 0 Å². The molecule has 0 unspecified atom stereocenters. The Balaban J connectivity index is 2.11. The Hall–Kier alpha value is -3.02. The third-order valence-electron chi connectivity index (χ3n) is 3.57. The lowest BCUT2D eigenvalue weighted by Gasteiger charge is -2.13. The number of benzene rings is 1. The molecular formula is C17H16N2O4. The fraction of sp³-hybridized carbons (Fsp3) is 0.176. The maximum atomic E-state index is 12.2. The zero-order valence-corrected chi connectivity index (χ0v) is 13.0. The second kappa shape index (κ2) is 6.00. The molecule has 1 N–H and O–H groups in total. The van der Waals surface area contributed by atoms with Gasteiger partial charge in [-0.15, -0.1) is 0 Å². The molecule has 0 spiro atoms. The van der Waals surface area contributed by atoms with Gasteiger partial charge in [0.05, 0.1) is 26.9 Å². The van der Waals surface area contributed by atoms with Crippen LogP contribution >= 0.6 is 0 Å². The van der Waals surface area contributed by atoms with Gasteiger partial charge < -0.3 is 19.5 Å². The van der Waals surface area contributed by atoms with Gasteiger partial charge in [0.25, 0.3) is 5.91 Å². The summed E-state index contributed by atoms with van der Waals surface area (Å²) in [4.78, 5) is 16.3. The summed E-state index contributed by atoms with van der Waals surface area (Å²) in [5, 5.41) is 2.74. The van der Waals surface area contributed by atoms with Crippen molar-refractivity contribution in [2.45, 2.75) is 0 Å². The van der Waals surface area contributed by atoms with Gasteiger partial charge in [0.1, 0.15) is 5.82 Å². The number of hydrogen-bond acceptors (Lipinski definition) is 5. The Labute approximate surface area is 133 Å². The number of nitrogens with zero attached hydrogens (tertiary/aromatic N) is 1. The number of fused-ring (bicyclic) bond motifs is 1. The highest BCUT2D eigenvalue weighted by atomic mass is 16.5. The lowest BCUT2D eigenvalue weighted by molar-refractivity contribution is -0.110. The molecule has 0 saturated heterocycles. The zero-order valence-electron chi connectivity index (χ0n) is 13.0. The lowest BCUT2D eigenvalue weighted by Crippen LogP contribution is -2.04. The third-order valence-corrected chi connectivity index (χ3v) is 3.57. The quantitative estimate of drug-likeness (QED) is 0.879. The molecule has 6 nitrogen and oxygen atoms in total. The van der Waals surface area contributed by atoms with Crippen molar-refractivity contribution >= 4 is 23.4 Å². The molecule has 1 aromatic heterocycles. The summed E-state index contributed by atoms with van der Waals surface area (Å²) in [6, 6.07) is 7.22. The highest BCUT2D eigenvalue weighted by molar-refractivity contribution is 6.34. The smallest absolute Gasteiger partial charge is 0.257 e. The summed E-state index contributed by atoms with van der Waals surface area (Å²) in [5.74, 6) is 1.95. The fourth-order valence-corrected chi connectivity index (χ4v) is 2.51. The third kappa shape index (κ3) is 2.59. The van der Waals surface area contributed by atoms with Crippen molar-refractivity contribution in [2.24, 2.45) is 0 Å². The molecule has 0 saturated carbocycles. The molecule has 0 radical (unpaired) electrons. The maximum absolute atomic E-state index is 12.2. The van der Waals surface area contributed by atoms with Crippen LogP contribution in [0.1, 0.15) is 11.1 Å². The van der Waals surface area contributed by atoms with E-state index in [0.29, 0.717) is 28.6 Å². The van der Waals surface area contributed by atoms with Crippen LogP contribution in [0.2, 0.25) is 0 Å². The molecule has 1 amide bonds. The van der Waals surface area contributed by atoms with Crippen LogP contribution in [0.25, 0.3) is 11.6 Å². The van der Waals surface area contributed by atoms with Crippen LogP contribution in [0.3, 0.4) is 0 Å². The number of amides is 1. The first-order valence-corrected chi connectivity index (χ1v) is 6.96. The molecule has 23 heavy (non-hydrogen) atoms. The van der Waals surface area contributed by atoms with Gasteiger partial charge in [-0.2, -0.15) is 0 Å². The number of methoxy groups -OCH3 is 3. The fourth-order valence-electron chi connectivity index (χ4n) is 2.51. The van der Waals surface area contributed by atoms with Gasteiger partial charge in [-0.25, -0.2) is 4.98 Å². The van der Waals surface area contributed by atoms with E-state index in [1.54, 1.807) is 51.8 Å². The summed E-state index contributed by atoms with van der Waals surface area (Å²) in [5.41, 5.74) is 2.08. The molecular weight excluding hydrogens is 296 g/mol. The van der Waals surface area contributed by atoms with Gasteiger partial charge in [0, 0.05) is 11.8 Å². The molecule has 1 aromatic carbocycles. The van der Waals surface area contributed by atoms with Gasteiger partial charge >= 0.3 is 0 Å². The average Bonchev–Trinajstić information content (AvgIpc) is 2.89. The van der Waals surface area contributed by atoms with E-state index in [1.807, 2.05) is 6.07 Å². The Morgan fingerprint density at radius 3 is 2.39 bits per heavy atom. The molecule has 118 valence electrons. The summed E-state index contributed by atoms with van der Waals surface area (Å²) in [6.45, 7) is 0. The Bertz CT molecular complexity index is 774. The SMILES string of the molecule is COc1cc(/C=C2\C(=O)Nc3ncccc32)cc(OC)c1OC. The van der Waals surface area contributed by atoms with Crippen LogP contribution in [0.4, 0.5) is 5.82 Å². The molecule has 0 atom stereocenters. The molecule has 2 heterocycles. The number of aromatic nitrogens is 1. The van der Waals surface area contributed by atoms with E-state index < -0.39 is 0 Å². The molecule has 0 bridgehead atoms. The van der Waals surface area contributed by atoms with E-state index in [-0.39, 0.29) is 5.91 Å². The first-order chi connectivity index (χ1) is 11.2. The number of ether oxygens (including phenoxy) is 3. The van der Waals surface area contributed by atoms with E-state index in [1.165, 1.54) is 0 Å². The van der Waals surface area contributed by atoms with Gasteiger partial charge in [-0.05, 0) is 35.9 Å². The topological polar surface area (TPSA) is 69.7 Å². The first-order valence-electron chi connectivity index (χ1n) is 6.96. The van der Waals surface area contributed by atoms with Crippen molar-refractivity contribution in [1.29, 1.82) is 0 Å². The molecule has 0 fully saturated rings. The van der Waals surface area contributed by atoms with E-state index in [9.17, 15) is 4.79 Å². The predicted octanol–water partition coefficient (Wildman–Crippen LogP) is 2.60. The number of hydrogen-bond donors (Lipinski definition) is 1. The van der Waals surface area contributed by atoms with Crippen molar-refractivity contribution in [2.75, 3.05) is 26.6 Å². The predicted molar refractivity (Wildman–Crippen MR) is 86.8 cm³/mol. The Kier molecular flexibility index (Phi) is 3.89. The van der Waals surface area contributed by atoms with E-state index in [2.05, 4.69) is 10.3 Å². The largest absolute Gasteiger partial charge is 0.493 e. The summed E-state index contributed by atoms with van der Waals surface area (Å²) in [7, 11) is 4.65. The van der Waals surface area contributed by atoms with E-state index in [0.717, 1.165) is 11.1 Å². The van der Waals surface area contributed by atoms with Crippen LogP contribution in [-0.4, -0.2) is 32.2 Å². The summed E-state index contributed by atoms with van der Waals surface area (Å²) in [6.07, 6.45) is 3.41. The molecule has 1 aliphatic heterocycles. The second-order valence-electron chi connectivity index (χ2n) is 4.87. The van der Waals surface area contributed by atoms with Crippen LogP contribution < -0.4 is 19.5 Å². The number of carbonyl (C=O) groups excluding carboxylic acids is 1. The number of pyridine rings is 1. The van der Waals surface area contributed by atoms with Crippen molar-refractivity contribution in [1.82, 2.24) is 4.98 Å². The highest BCUT2D eigenvalue weighted by Gasteiger charge is 2.25. The van der Waals surface area contributed by atoms with Gasteiger partial charge in [0.2, 0.25) is 5.75 Å². The minimum absolute atomic E-state index is 0.188. The van der Waals surface area contributed by atoms with Crippen molar-refractivity contribution < 1.29 is 19.0 Å². The van der Waals surface area contributed by atoms with Crippen LogP contribution in [0.15, 0.2) is 30.5 Å². The Morgan fingerprint density at radius 2 is 1.78 bits per heavy atom. The standard InChI is InChI=1S/C17H16N2O4/c1-21-13-8-10(9-14(22-2)15(13)23-3)7-12-11-5-4-6-18-16(11)19-17(12)20/h4-9H,1-3H3,(H,18,19,20)/b12-7-. The number of anilines is 1. The second-order valence-corrected chi connectivity index (χ2v) is 4.87. The monoisotopic (exact) mass is 312 g/mol. The molecule has 0 aliphatic carbocycles. The molecule has 2 aromatic rings. The average molecular weight is 312 g/mol. The van der Waals surface area contributed by atoms with Crippen LogP contribution in [0, 0.1) is 0 Å². The number of rotatable bonds is 4. The van der Waals surface area contributed by atoms with Gasteiger partial charge in [0.15, 0.2) is 11.5 Å². The summed E-state index contributed by atoms with van der Waals surface area (Å²) >= 11 is 0. The van der Waals surface area contributed by atoms with Crippen LogP contribution in [-0.2, 0) is 4.79 Å². The summed E-state index contributed by atoms with van der Waals surface area (Å²) < 4.78 is 16.0. The minimum Gasteiger partial charge on any atom is -0.493 e.